The number of nitrogens with one attached hydrogen (secondary N) is 1. The molecule has 0 saturated carbocycles. The van der Waals surface area contributed by atoms with Gasteiger partial charge in [0.05, 0.1) is 28.1 Å². The number of amides is 1. The first-order valence-corrected chi connectivity index (χ1v) is 10.6. The van der Waals surface area contributed by atoms with E-state index >= 15 is 0 Å². The van der Waals surface area contributed by atoms with Crippen molar-refractivity contribution in [3.8, 4) is 5.69 Å². The van der Waals surface area contributed by atoms with E-state index in [1.54, 1.807) is 18.5 Å². The molecular formula is C23H21F3N6O3. The Hall–Kier alpha value is -4.22. The molecule has 0 aliphatic carbocycles. The molecule has 12 heteroatoms. The monoisotopic (exact) mass is 486 g/mol. The van der Waals surface area contributed by atoms with E-state index in [1.807, 2.05) is 30.3 Å². The van der Waals surface area contributed by atoms with E-state index < -0.39 is 29.0 Å². The van der Waals surface area contributed by atoms with Crippen LogP contribution in [0.5, 0.6) is 0 Å². The summed E-state index contributed by atoms with van der Waals surface area (Å²) in [6.45, 7) is 3.28. The fourth-order valence-corrected chi connectivity index (χ4v) is 3.79. The number of hydrogen-bond acceptors (Lipinski definition) is 5. The van der Waals surface area contributed by atoms with Gasteiger partial charge in [0, 0.05) is 20.0 Å². The number of carbonyl (C=O) groups is 1. The number of pyridine rings is 1. The van der Waals surface area contributed by atoms with Crippen molar-refractivity contribution in [2.24, 2.45) is 7.05 Å². The maximum absolute atomic E-state index is 13.0. The van der Waals surface area contributed by atoms with Crippen LogP contribution in [0, 0.1) is 13.8 Å². The van der Waals surface area contributed by atoms with E-state index in [4.69, 9.17) is 0 Å². The van der Waals surface area contributed by atoms with Crippen LogP contribution in [0.15, 0.2) is 52.1 Å². The zero-order chi connectivity index (χ0) is 25.5. The number of nitrogens with zero attached hydrogens (tertiary/aromatic N) is 5. The zero-order valence-corrected chi connectivity index (χ0v) is 19.1. The Morgan fingerprint density at radius 3 is 2.40 bits per heavy atom. The van der Waals surface area contributed by atoms with Crippen molar-refractivity contribution in [2.45, 2.75) is 33.0 Å². The summed E-state index contributed by atoms with van der Waals surface area (Å²) in [6, 6.07) is 11.0. The minimum Gasteiger partial charge on any atom is -0.323 e. The number of aryl methyl sites for hydroxylation is 2. The average molecular weight is 486 g/mol. The number of alkyl halides is 3. The van der Waals surface area contributed by atoms with Crippen LogP contribution in [0.3, 0.4) is 0 Å². The largest absolute Gasteiger partial charge is 0.433 e. The number of rotatable bonds is 5. The van der Waals surface area contributed by atoms with Gasteiger partial charge in [-0.05, 0) is 38.1 Å². The lowest BCUT2D eigenvalue weighted by Gasteiger charge is -2.12. The Morgan fingerprint density at radius 1 is 1.06 bits per heavy atom. The van der Waals surface area contributed by atoms with Gasteiger partial charge in [-0.2, -0.15) is 18.3 Å². The number of halogens is 3. The molecule has 1 N–H and O–H groups in total. The van der Waals surface area contributed by atoms with Gasteiger partial charge in [-0.15, -0.1) is 0 Å². The van der Waals surface area contributed by atoms with Gasteiger partial charge in [0.1, 0.15) is 11.3 Å². The summed E-state index contributed by atoms with van der Waals surface area (Å²) in [4.78, 5) is 41.5. The summed E-state index contributed by atoms with van der Waals surface area (Å²) < 4.78 is 42.3. The fourth-order valence-electron chi connectivity index (χ4n) is 3.79. The highest BCUT2D eigenvalue weighted by molar-refractivity contribution is 5.92. The third kappa shape index (κ3) is 4.46. The lowest BCUT2D eigenvalue weighted by Crippen LogP contribution is -2.40. The topological polar surface area (TPSA) is 104 Å². The highest BCUT2D eigenvalue weighted by atomic mass is 19.4. The third-order valence-corrected chi connectivity index (χ3v) is 5.60. The molecule has 9 nitrogen and oxygen atoms in total. The number of fused-ring (bicyclic) bond motifs is 1. The van der Waals surface area contributed by atoms with E-state index in [9.17, 15) is 27.6 Å². The Bertz CT molecular complexity index is 1550. The number of carbonyl (C=O) groups excluding carboxylic acids is 1. The summed E-state index contributed by atoms with van der Waals surface area (Å²) in [7, 11) is 1.22. The first-order valence-electron chi connectivity index (χ1n) is 10.6. The SMILES string of the molecule is Cc1nn(-c2ccccc2)c(C)c1NC(=O)CCn1c(=O)c2ccc(C(F)(F)F)nc2n(C)c1=O. The van der Waals surface area contributed by atoms with Crippen LogP contribution >= 0.6 is 0 Å². The molecule has 0 spiro atoms. The minimum absolute atomic E-state index is 0.156. The molecule has 35 heavy (non-hydrogen) atoms. The molecule has 0 aliphatic heterocycles. The van der Waals surface area contributed by atoms with Gasteiger partial charge in [0.2, 0.25) is 5.91 Å². The molecule has 0 bridgehead atoms. The summed E-state index contributed by atoms with van der Waals surface area (Å²) in [5.41, 5.74) is -0.651. The first-order chi connectivity index (χ1) is 16.5. The standard InChI is InChI=1S/C23H21F3N6O3/c1-13-19(14(2)32(29-13)15-7-5-4-6-8-15)28-18(33)11-12-31-21(34)16-9-10-17(23(24,25)26)27-20(16)30(3)22(31)35/h4-10H,11-12H2,1-3H3,(H,28,33). The van der Waals surface area contributed by atoms with Gasteiger partial charge >= 0.3 is 11.9 Å². The molecule has 1 amide bonds. The van der Waals surface area contributed by atoms with Gasteiger partial charge in [0.25, 0.3) is 5.56 Å². The Kier molecular flexibility index (Phi) is 6.05. The summed E-state index contributed by atoms with van der Waals surface area (Å²) in [5.74, 6) is -0.455. The lowest BCUT2D eigenvalue weighted by molar-refractivity contribution is -0.141. The first kappa shape index (κ1) is 23.9. The quantitative estimate of drug-likeness (QED) is 0.467. The van der Waals surface area contributed by atoms with Crippen molar-refractivity contribution in [2.75, 3.05) is 5.32 Å². The Morgan fingerprint density at radius 2 is 1.74 bits per heavy atom. The third-order valence-electron chi connectivity index (χ3n) is 5.60. The molecule has 3 aromatic heterocycles. The zero-order valence-electron chi connectivity index (χ0n) is 19.1. The van der Waals surface area contributed by atoms with E-state index in [2.05, 4.69) is 15.4 Å². The van der Waals surface area contributed by atoms with Gasteiger partial charge in [-0.25, -0.2) is 14.5 Å². The lowest BCUT2D eigenvalue weighted by atomic mass is 10.2. The highest BCUT2D eigenvalue weighted by Crippen LogP contribution is 2.28. The van der Waals surface area contributed by atoms with Crippen LogP contribution in [0.1, 0.15) is 23.5 Å². The summed E-state index contributed by atoms with van der Waals surface area (Å²) in [5, 5.41) is 7.07. The van der Waals surface area contributed by atoms with E-state index in [1.165, 1.54) is 7.05 Å². The molecule has 4 rings (SSSR count). The summed E-state index contributed by atoms with van der Waals surface area (Å²) >= 11 is 0. The molecule has 0 saturated heterocycles. The highest BCUT2D eigenvalue weighted by Gasteiger charge is 2.33. The predicted octanol–water partition coefficient (Wildman–Crippen LogP) is 2.95. The molecule has 4 aromatic rings. The van der Waals surface area contributed by atoms with Gasteiger partial charge in [0.15, 0.2) is 0 Å². The second-order valence-corrected chi connectivity index (χ2v) is 7.96. The molecule has 0 atom stereocenters. The normalized spacial score (nSPS) is 11.7. The van der Waals surface area contributed by atoms with Crippen molar-refractivity contribution >= 4 is 22.6 Å². The van der Waals surface area contributed by atoms with Crippen LogP contribution in [-0.2, 0) is 24.6 Å². The van der Waals surface area contributed by atoms with Crippen molar-refractivity contribution in [3.63, 3.8) is 0 Å². The number of hydrogen-bond donors (Lipinski definition) is 1. The van der Waals surface area contributed by atoms with E-state index in [0.29, 0.717) is 23.1 Å². The Balaban J connectivity index is 1.58. The Labute approximate surface area is 196 Å². The molecule has 0 aliphatic rings. The maximum Gasteiger partial charge on any atom is 0.433 e. The van der Waals surface area contributed by atoms with Gasteiger partial charge in [-0.3, -0.25) is 18.7 Å². The number of benzene rings is 1. The second-order valence-electron chi connectivity index (χ2n) is 7.96. The van der Waals surface area contributed by atoms with Gasteiger partial charge < -0.3 is 5.32 Å². The van der Waals surface area contributed by atoms with Crippen molar-refractivity contribution in [3.05, 3.63) is 80.4 Å². The maximum atomic E-state index is 13.0. The molecule has 0 radical (unpaired) electrons. The van der Waals surface area contributed by atoms with Crippen molar-refractivity contribution in [1.82, 2.24) is 23.9 Å². The summed E-state index contributed by atoms with van der Waals surface area (Å²) in [6.07, 6.45) is -4.94. The average Bonchev–Trinajstić information content (AvgIpc) is 3.10. The van der Waals surface area contributed by atoms with Crippen molar-refractivity contribution < 1.29 is 18.0 Å². The fraction of sp³-hybridized carbons (Fsp3) is 0.261. The number of anilines is 1. The molecule has 0 fully saturated rings. The number of aromatic nitrogens is 5. The van der Waals surface area contributed by atoms with Crippen molar-refractivity contribution in [1.29, 1.82) is 0 Å². The van der Waals surface area contributed by atoms with Crippen LogP contribution in [0.4, 0.5) is 18.9 Å². The number of para-hydroxylation sites is 1. The molecule has 1 aromatic carbocycles. The van der Waals surface area contributed by atoms with Gasteiger partial charge in [-0.1, -0.05) is 18.2 Å². The van der Waals surface area contributed by atoms with E-state index in [0.717, 1.165) is 20.9 Å². The van der Waals surface area contributed by atoms with E-state index in [-0.39, 0.29) is 24.0 Å². The molecule has 182 valence electrons. The van der Waals surface area contributed by atoms with Crippen LogP contribution < -0.4 is 16.6 Å². The second kappa shape index (κ2) is 8.85. The van der Waals surface area contributed by atoms with Crippen LogP contribution in [0.2, 0.25) is 0 Å². The molecular weight excluding hydrogens is 465 g/mol. The minimum atomic E-state index is -4.72. The predicted molar refractivity (Wildman–Crippen MR) is 123 cm³/mol. The van der Waals surface area contributed by atoms with Crippen LogP contribution in [0.25, 0.3) is 16.7 Å². The smallest absolute Gasteiger partial charge is 0.323 e. The molecule has 3 heterocycles. The molecule has 0 unspecified atom stereocenters. The van der Waals surface area contributed by atoms with Crippen LogP contribution in [-0.4, -0.2) is 29.8 Å².